The van der Waals surface area contributed by atoms with Gasteiger partial charge in [-0.3, -0.25) is 4.57 Å². The molecule has 0 aliphatic heterocycles. The van der Waals surface area contributed by atoms with Crippen molar-refractivity contribution in [1.29, 1.82) is 0 Å². The SMILES string of the molecule is CCCO[SiH](OCCC)N(C1CCCCC1C)C1C(C)CCCC1C. The van der Waals surface area contributed by atoms with E-state index in [9.17, 15) is 0 Å². The predicted octanol–water partition coefficient (Wildman–Crippen LogP) is 5.26. The molecule has 4 atom stereocenters. The van der Waals surface area contributed by atoms with E-state index in [0.29, 0.717) is 12.1 Å². The minimum Gasteiger partial charge on any atom is -0.385 e. The van der Waals surface area contributed by atoms with Crippen LogP contribution in [0.15, 0.2) is 0 Å². The third-order valence-electron chi connectivity index (χ3n) is 6.45. The molecule has 4 heteroatoms. The summed E-state index contributed by atoms with van der Waals surface area (Å²) in [6.45, 7) is 13.6. The number of nitrogens with zero attached hydrogens (tertiary/aromatic N) is 1. The van der Waals surface area contributed by atoms with Gasteiger partial charge in [-0.2, -0.15) is 0 Å². The van der Waals surface area contributed by atoms with Gasteiger partial charge >= 0.3 is 9.45 Å². The minimum absolute atomic E-state index is 0.657. The Hall–Kier alpha value is 0.0969. The molecule has 0 amide bonds. The minimum atomic E-state index is -1.81. The maximum Gasteiger partial charge on any atom is 0.411 e. The molecule has 3 nitrogen and oxygen atoms in total. The highest BCUT2D eigenvalue weighted by Gasteiger charge is 2.44. The quantitative estimate of drug-likeness (QED) is 0.517. The predicted molar refractivity (Wildman–Crippen MR) is 109 cm³/mol. The third kappa shape index (κ3) is 5.79. The standard InChI is InChI=1S/C21H43NO2Si/c1-6-15-23-25(24-16-7-2)22(20-14-9-8-11-17(20)3)21-18(4)12-10-13-19(21)5/h17-21,25H,6-16H2,1-5H3. The van der Waals surface area contributed by atoms with Gasteiger partial charge in [0, 0.05) is 25.3 Å². The van der Waals surface area contributed by atoms with E-state index in [-0.39, 0.29) is 0 Å². The van der Waals surface area contributed by atoms with Gasteiger partial charge in [-0.1, -0.05) is 53.9 Å². The molecule has 0 heterocycles. The summed E-state index contributed by atoms with van der Waals surface area (Å²) in [6.07, 6.45) is 11.8. The van der Waals surface area contributed by atoms with Gasteiger partial charge in [-0.15, -0.1) is 0 Å². The first-order valence-electron chi connectivity index (χ1n) is 11.1. The molecule has 148 valence electrons. The molecule has 25 heavy (non-hydrogen) atoms. The second kappa shape index (κ2) is 11.1. The Morgan fingerprint density at radius 2 is 1.28 bits per heavy atom. The molecule has 4 unspecified atom stereocenters. The Kier molecular flexibility index (Phi) is 9.46. The monoisotopic (exact) mass is 369 g/mol. The summed E-state index contributed by atoms with van der Waals surface area (Å²) in [6, 6.07) is 1.33. The van der Waals surface area contributed by atoms with Crippen LogP contribution in [0.25, 0.3) is 0 Å². The number of hydrogen-bond donors (Lipinski definition) is 0. The highest BCUT2D eigenvalue weighted by Crippen LogP contribution is 2.39. The van der Waals surface area contributed by atoms with Crippen LogP contribution < -0.4 is 0 Å². The van der Waals surface area contributed by atoms with Crippen LogP contribution in [-0.2, 0) is 8.85 Å². The first-order valence-corrected chi connectivity index (χ1v) is 12.6. The van der Waals surface area contributed by atoms with E-state index in [0.717, 1.165) is 43.8 Å². The van der Waals surface area contributed by atoms with E-state index in [1.54, 1.807) is 0 Å². The zero-order valence-electron chi connectivity index (χ0n) is 17.5. The summed E-state index contributed by atoms with van der Waals surface area (Å²) in [4.78, 5) is 0. The van der Waals surface area contributed by atoms with Crippen LogP contribution in [0.2, 0.25) is 0 Å². The fourth-order valence-electron chi connectivity index (χ4n) is 5.17. The van der Waals surface area contributed by atoms with Gasteiger partial charge in [-0.25, -0.2) is 0 Å². The van der Waals surface area contributed by atoms with E-state index in [1.807, 2.05) is 0 Å². The van der Waals surface area contributed by atoms with Crippen LogP contribution in [-0.4, -0.2) is 39.3 Å². The third-order valence-corrected chi connectivity index (χ3v) is 8.71. The van der Waals surface area contributed by atoms with Crippen molar-refractivity contribution in [1.82, 2.24) is 4.57 Å². The van der Waals surface area contributed by atoms with Crippen molar-refractivity contribution in [2.45, 2.75) is 104 Å². The van der Waals surface area contributed by atoms with Crippen LogP contribution in [0.5, 0.6) is 0 Å². The molecule has 0 aromatic heterocycles. The average Bonchev–Trinajstić information content (AvgIpc) is 2.60. The molecule has 0 aromatic rings. The van der Waals surface area contributed by atoms with Crippen molar-refractivity contribution in [2.24, 2.45) is 17.8 Å². The number of rotatable bonds is 9. The van der Waals surface area contributed by atoms with Gasteiger partial charge in [0.25, 0.3) is 0 Å². The number of hydrogen-bond acceptors (Lipinski definition) is 3. The van der Waals surface area contributed by atoms with E-state index in [1.165, 1.54) is 44.9 Å². The Morgan fingerprint density at radius 3 is 1.80 bits per heavy atom. The second-order valence-electron chi connectivity index (χ2n) is 8.70. The molecule has 0 radical (unpaired) electrons. The first-order chi connectivity index (χ1) is 12.1. The molecule has 2 aliphatic carbocycles. The van der Waals surface area contributed by atoms with E-state index in [4.69, 9.17) is 8.85 Å². The summed E-state index contributed by atoms with van der Waals surface area (Å²) in [5.74, 6) is 2.31. The van der Waals surface area contributed by atoms with E-state index in [2.05, 4.69) is 39.2 Å². The maximum absolute atomic E-state index is 6.45. The molecule has 0 aromatic carbocycles. The van der Waals surface area contributed by atoms with Gasteiger partial charge in [-0.05, 0) is 56.3 Å². The average molecular weight is 370 g/mol. The van der Waals surface area contributed by atoms with E-state index >= 15 is 0 Å². The van der Waals surface area contributed by atoms with Gasteiger partial charge in [0.1, 0.15) is 0 Å². The van der Waals surface area contributed by atoms with Crippen molar-refractivity contribution >= 4 is 9.45 Å². The second-order valence-corrected chi connectivity index (χ2v) is 10.6. The van der Waals surface area contributed by atoms with Crippen LogP contribution >= 0.6 is 0 Å². The lowest BCUT2D eigenvalue weighted by Crippen LogP contribution is -2.61. The topological polar surface area (TPSA) is 21.7 Å². The van der Waals surface area contributed by atoms with Crippen molar-refractivity contribution in [2.75, 3.05) is 13.2 Å². The van der Waals surface area contributed by atoms with Crippen LogP contribution in [0.3, 0.4) is 0 Å². The molecular weight excluding hydrogens is 326 g/mol. The molecule has 0 spiro atoms. The van der Waals surface area contributed by atoms with E-state index < -0.39 is 9.45 Å². The largest absolute Gasteiger partial charge is 0.411 e. The Bertz CT molecular complexity index is 350. The zero-order valence-corrected chi connectivity index (χ0v) is 18.7. The molecule has 0 saturated heterocycles. The maximum atomic E-state index is 6.45. The lowest BCUT2D eigenvalue weighted by molar-refractivity contribution is 0.0155. The normalized spacial score (nSPS) is 34.0. The van der Waals surface area contributed by atoms with Crippen LogP contribution in [0, 0.1) is 17.8 Å². The summed E-state index contributed by atoms with van der Waals surface area (Å²) < 4.78 is 15.7. The van der Waals surface area contributed by atoms with Gasteiger partial charge in [0.05, 0.1) is 0 Å². The summed E-state index contributed by atoms with van der Waals surface area (Å²) in [5, 5.41) is 0. The zero-order chi connectivity index (χ0) is 18.2. The lowest BCUT2D eigenvalue weighted by atomic mass is 9.76. The molecule has 2 aliphatic rings. The van der Waals surface area contributed by atoms with Crippen molar-refractivity contribution in [3.05, 3.63) is 0 Å². The van der Waals surface area contributed by atoms with Gasteiger partial charge in [0.15, 0.2) is 0 Å². The first kappa shape index (κ1) is 21.4. The fourth-order valence-corrected chi connectivity index (χ4v) is 8.11. The van der Waals surface area contributed by atoms with Gasteiger partial charge in [0.2, 0.25) is 0 Å². The Labute approximate surface area is 158 Å². The fraction of sp³-hybridized carbons (Fsp3) is 1.00. The summed E-state index contributed by atoms with van der Waals surface area (Å²) in [5.41, 5.74) is 0. The van der Waals surface area contributed by atoms with Crippen molar-refractivity contribution in [3.63, 3.8) is 0 Å². The highest BCUT2D eigenvalue weighted by atomic mass is 28.3. The Balaban J connectivity index is 2.27. The van der Waals surface area contributed by atoms with Crippen molar-refractivity contribution < 1.29 is 8.85 Å². The van der Waals surface area contributed by atoms with Crippen LogP contribution in [0.1, 0.15) is 92.4 Å². The smallest absolute Gasteiger partial charge is 0.385 e. The molecule has 2 saturated carbocycles. The summed E-state index contributed by atoms with van der Waals surface area (Å²) >= 11 is 0. The molecule has 2 rings (SSSR count). The molecule has 0 bridgehead atoms. The van der Waals surface area contributed by atoms with Crippen molar-refractivity contribution in [3.8, 4) is 0 Å². The molecule has 0 N–H and O–H groups in total. The van der Waals surface area contributed by atoms with Crippen LogP contribution in [0.4, 0.5) is 0 Å². The van der Waals surface area contributed by atoms with Gasteiger partial charge < -0.3 is 8.85 Å². The summed E-state index contributed by atoms with van der Waals surface area (Å²) in [7, 11) is -1.81. The molecular formula is C21H43NO2Si. The lowest BCUT2D eigenvalue weighted by Gasteiger charge is -2.51. The molecule has 2 fully saturated rings. The highest BCUT2D eigenvalue weighted by molar-refractivity contribution is 6.41. The Morgan fingerprint density at radius 1 is 0.760 bits per heavy atom.